The van der Waals surface area contributed by atoms with E-state index < -0.39 is 148 Å². The molecule has 0 spiro atoms. The molecule has 1 atom stereocenters. The van der Waals surface area contributed by atoms with Gasteiger partial charge in [-0.3, -0.25) is 9.59 Å². The van der Waals surface area contributed by atoms with Gasteiger partial charge in [0.2, 0.25) is 5.91 Å². The highest BCUT2D eigenvalue weighted by Crippen LogP contribution is 2.34. The topological polar surface area (TPSA) is 58.4 Å². The van der Waals surface area contributed by atoms with Crippen LogP contribution in [0.5, 0.6) is 0 Å². The average Bonchev–Trinajstić information content (AvgIpc) is 3.31. The van der Waals surface area contributed by atoms with E-state index in [4.69, 9.17) is 16.4 Å². The Labute approximate surface area is 311 Å². The van der Waals surface area contributed by atoms with Gasteiger partial charge < -0.3 is 14.4 Å². The molecule has 5 rings (SSSR count). The highest BCUT2D eigenvalue weighted by molar-refractivity contribution is 7.98. The molecule has 1 unspecified atom stereocenters. The van der Waals surface area contributed by atoms with Crippen LogP contribution < -0.4 is 5.56 Å². The monoisotopic (exact) mass is 710 g/mol. The molecular weight excluding hydrogens is 653 g/mol. The third kappa shape index (κ3) is 8.99. The Morgan fingerprint density at radius 1 is 1.06 bits per heavy atom. The second-order valence-corrected chi connectivity index (χ2v) is 11.7. The molecule has 0 aliphatic heterocycles. The van der Waals surface area contributed by atoms with E-state index in [0.29, 0.717) is 30.4 Å². The van der Waals surface area contributed by atoms with Crippen LogP contribution in [-0.4, -0.2) is 51.4 Å². The number of hydrogen-bond donors (Lipinski definition) is 0. The van der Waals surface area contributed by atoms with Crippen molar-refractivity contribution in [1.29, 1.82) is 0 Å². The maximum absolute atomic E-state index is 15.1. The Bertz CT molecular complexity index is 2570. The quantitative estimate of drug-likeness (QED) is 0.0807. The average molecular weight is 711 g/mol. The van der Waals surface area contributed by atoms with Gasteiger partial charge in [0, 0.05) is 43.5 Å². The normalized spacial score (nSPS) is 23.2. The maximum Gasteiger partial charge on any atom is 0.416 e. The fourth-order valence-corrected chi connectivity index (χ4v) is 5.64. The standard InChI is InChI=1S/C38H42F4N4O2S/c1-5-44(6-2)17-18-45(22-27-7-11-29(12-8-27)30-13-16-33(26(4)21-30)38(40,41)42)35(47)23-46-34-20-25(3)19-32(34)36(48)43-37(46)49-24-28-9-14-31(39)15-10-28/h7-16,21,25H,5-6,17-20,22-24H2,1-4H3/i7D,8D,11D,12D,13D,16D,19D2,20D2,21D,22D2,23D2,25D. The van der Waals surface area contributed by atoms with E-state index in [1.54, 1.807) is 18.7 Å². The fraction of sp³-hybridized carbons (Fsp3) is 0.395. The van der Waals surface area contributed by atoms with Crippen molar-refractivity contribution in [2.24, 2.45) is 5.89 Å². The lowest BCUT2D eigenvalue weighted by atomic mass is 9.98. The fourth-order valence-electron chi connectivity index (χ4n) is 4.74. The van der Waals surface area contributed by atoms with Crippen LogP contribution in [0.2, 0.25) is 0 Å². The Morgan fingerprint density at radius 3 is 2.39 bits per heavy atom. The SMILES string of the molecule is [2H]c1c([2H])c(C([2H])([2H])N(CCN(CC)CC)C(=O)C([2H])([2H])n2c(SCc3ccc(F)cc3)nc(=O)c3c2C([2H])([2H])C([2H])(C)C3([2H])[2H])c([2H])c([2H])c1-c1c([2H])c([2H])c(C(F)(F)F)c(C)c1[2H]. The molecule has 0 bridgehead atoms. The van der Waals surface area contributed by atoms with E-state index in [1.807, 2.05) is 0 Å². The molecule has 0 saturated heterocycles. The van der Waals surface area contributed by atoms with Crippen LogP contribution in [0, 0.1) is 18.6 Å². The zero-order valence-electron chi connectivity index (χ0n) is 42.9. The number of likely N-dealkylation sites (N-methyl/N-ethyl adjacent to an activating group) is 1. The minimum absolute atomic E-state index is 0.198. The number of amides is 1. The number of halogens is 4. The van der Waals surface area contributed by atoms with Gasteiger partial charge in [0.05, 0.1) is 20.6 Å². The molecule has 1 aliphatic carbocycles. The first-order valence-electron chi connectivity index (χ1n) is 23.1. The van der Waals surface area contributed by atoms with E-state index >= 15 is 4.79 Å². The van der Waals surface area contributed by atoms with Gasteiger partial charge >= 0.3 is 6.18 Å². The Morgan fingerprint density at radius 2 is 1.73 bits per heavy atom. The van der Waals surface area contributed by atoms with Crippen molar-refractivity contribution < 1.29 is 44.3 Å². The molecule has 3 aromatic carbocycles. The molecule has 0 saturated carbocycles. The minimum atomic E-state index is -5.20. The molecule has 1 heterocycles. The largest absolute Gasteiger partial charge is 0.416 e. The van der Waals surface area contributed by atoms with Gasteiger partial charge in [-0.25, -0.2) is 4.39 Å². The van der Waals surface area contributed by atoms with E-state index in [1.165, 1.54) is 12.1 Å². The van der Waals surface area contributed by atoms with Gasteiger partial charge in [-0.1, -0.05) is 80.9 Å². The van der Waals surface area contributed by atoms with Crippen LogP contribution in [0.15, 0.2) is 76.5 Å². The van der Waals surface area contributed by atoms with Crippen molar-refractivity contribution in [1.82, 2.24) is 19.4 Å². The minimum Gasteiger partial charge on any atom is -0.336 e. The zero-order valence-corrected chi connectivity index (χ0v) is 27.7. The van der Waals surface area contributed by atoms with Crippen LogP contribution in [0.25, 0.3) is 11.1 Å². The van der Waals surface area contributed by atoms with Gasteiger partial charge in [0.1, 0.15) is 12.3 Å². The lowest BCUT2D eigenvalue weighted by Crippen LogP contribution is -2.40. The van der Waals surface area contributed by atoms with Crippen LogP contribution in [0.4, 0.5) is 17.6 Å². The number of carbonyl (C=O) groups excluding carboxylic acids is 1. The number of benzene rings is 3. The molecule has 11 heteroatoms. The summed E-state index contributed by atoms with van der Waals surface area (Å²) in [5.41, 5.74) is -8.85. The van der Waals surface area contributed by atoms with Crippen molar-refractivity contribution in [2.75, 3.05) is 26.2 Å². The summed E-state index contributed by atoms with van der Waals surface area (Å²) < 4.78 is 198. The Balaban J connectivity index is 1.80. The van der Waals surface area contributed by atoms with Gasteiger partial charge in [0.25, 0.3) is 5.56 Å². The summed E-state index contributed by atoms with van der Waals surface area (Å²) in [5, 5.41) is -0.746. The number of rotatable bonds is 13. The molecule has 4 aromatic rings. The highest BCUT2D eigenvalue weighted by atomic mass is 32.2. The van der Waals surface area contributed by atoms with Crippen molar-refractivity contribution in [3.05, 3.63) is 116 Å². The predicted octanol–water partition coefficient (Wildman–Crippen LogP) is 7.77. The van der Waals surface area contributed by atoms with Crippen LogP contribution >= 0.6 is 11.8 Å². The second kappa shape index (κ2) is 15.7. The smallest absolute Gasteiger partial charge is 0.336 e. The third-order valence-corrected chi connectivity index (χ3v) is 8.36. The van der Waals surface area contributed by atoms with E-state index in [0.717, 1.165) is 26.0 Å². The summed E-state index contributed by atoms with van der Waals surface area (Å²) in [6, 6.07) is -3.90. The predicted molar refractivity (Wildman–Crippen MR) is 186 cm³/mol. The number of nitrogens with zero attached hydrogens (tertiary/aromatic N) is 4. The van der Waals surface area contributed by atoms with Gasteiger partial charge in [-0.05, 0) is 84.6 Å². The van der Waals surface area contributed by atoms with E-state index in [9.17, 15) is 27.8 Å². The highest BCUT2D eigenvalue weighted by Gasteiger charge is 2.32. The molecule has 0 radical (unpaired) electrons. The first kappa shape index (κ1) is 20.7. The summed E-state index contributed by atoms with van der Waals surface area (Å²) >= 11 is 0.538. The summed E-state index contributed by atoms with van der Waals surface area (Å²) in [7, 11) is 0. The molecule has 49 heavy (non-hydrogen) atoms. The number of aromatic nitrogens is 2. The van der Waals surface area contributed by atoms with Crippen LogP contribution in [-0.2, 0) is 42.5 Å². The van der Waals surface area contributed by atoms with E-state index in [2.05, 4.69) is 4.98 Å². The molecule has 1 amide bonds. The summed E-state index contributed by atoms with van der Waals surface area (Å²) in [6.07, 6.45) is -11.6. The molecule has 6 nitrogen and oxygen atoms in total. The van der Waals surface area contributed by atoms with Crippen molar-refractivity contribution in [2.45, 2.75) is 70.5 Å². The molecule has 1 aliphatic rings. The number of carbonyl (C=O) groups is 1. The van der Waals surface area contributed by atoms with Crippen molar-refractivity contribution in [3.8, 4) is 11.1 Å². The number of hydrogen-bond acceptors (Lipinski definition) is 5. The molecule has 260 valence electrons. The first-order chi connectivity index (χ1) is 29.7. The lowest BCUT2D eigenvalue weighted by molar-refractivity contribution is -0.138. The number of thioether (sulfide) groups is 1. The Hall–Kier alpha value is -3.96. The zero-order chi connectivity index (χ0) is 49.5. The first-order valence-corrected chi connectivity index (χ1v) is 16.1. The second-order valence-electron chi connectivity index (χ2n) is 10.8. The van der Waals surface area contributed by atoms with Gasteiger partial charge in [-0.2, -0.15) is 18.2 Å². The molecule has 1 aromatic heterocycles. The molecule has 0 N–H and O–H groups in total. The summed E-state index contributed by atoms with van der Waals surface area (Å²) in [5.74, 6) is -5.62. The van der Waals surface area contributed by atoms with Crippen LogP contribution in [0.1, 0.15) is 76.2 Å². The summed E-state index contributed by atoms with van der Waals surface area (Å²) in [4.78, 5) is 34.4. The van der Waals surface area contributed by atoms with Gasteiger partial charge in [0.15, 0.2) is 5.16 Å². The third-order valence-electron chi connectivity index (χ3n) is 7.35. The van der Waals surface area contributed by atoms with Crippen molar-refractivity contribution in [3.63, 3.8) is 0 Å². The number of alkyl halides is 3. The molecule has 0 fully saturated rings. The molecular formula is C38H42F4N4O2S. The van der Waals surface area contributed by atoms with E-state index in [-0.39, 0.29) is 21.8 Å². The number of fused-ring (bicyclic) bond motifs is 1. The lowest BCUT2D eigenvalue weighted by Gasteiger charge is -2.28. The summed E-state index contributed by atoms with van der Waals surface area (Å²) in [6.45, 7) is -2.81. The van der Waals surface area contributed by atoms with Crippen LogP contribution in [0.3, 0.4) is 0 Å². The Kier molecular flexibility index (Phi) is 6.62. The van der Waals surface area contributed by atoms with Gasteiger partial charge in [-0.15, -0.1) is 0 Å². The van der Waals surface area contributed by atoms with Crippen molar-refractivity contribution >= 4 is 17.7 Å². The maximum atomic E-state index is 15.1.